The third-order valence-electron chi connectivity index (χ3n) is 6.11. The zero-order valence-corrected chi connectivity index (χ0v) is 19.9. The molecule has 2 aromatic carbocycles. The highest BCUT2D eigenvalue weighted by atomic mass is 32.2. The third kappa shape index (κ3) is 5.00. The van der Waals surface area contributed by atoms with Gasteiger partial charge in [0, 0.05) is 55.1 Å². The van der Waals surface area contributed by atoms with Gasteiger partial charge >= 0.3 is 0 Å². The predicted octanol–water partition coefficient (Wildman–Crippen LogP) is 3.23. The van der Waals surface area contributed by atoms with Crippen molar-refractivity contribution in [3.63, 3.8) is 0 Å². The molecule has 1 fully saturated rings. The number of hydrogen-bond acceptors (Lipinski definition) is 7. The van der Waals surface area contributed by atoms with Crippen molar-refractivity contribution in [2.24, 2.45) is 0 Å². The molecule has 178 valence electrons. The Hall–Kier alpha value is -3.17. The number of amides is 2. The van der Waals surface area contributed by atoms with E-state index < -0.39 is 0 Å². The zero-order valence-electron chi connectivity index (χ0n) is 19.0. The number of rotatable bonds is 5. The average molecular weight is 482 g/mol. The molecular weight excluding hydrogens is 454 g/mol. The topological polar surface area (TPSA) is 80.3 Å². The molecule has 0 aromatic heterocycles. The number of aryl methyl sites for hydroxylation is 1. The quantitative estimate of drug-likeness (QED) is 0.702. The highest BCUT2D eigenvalue weighted by Crippen LogP contribution is 2.33. The van der Waals surface area contributed by atoms with E-state index in [2.05, 4.69) is 16.3 Å². The maximum absolute atomic E-state index is 13.2. The van der Waals surface area contributed by atoms with Gasteiger partial charge in [0.15, 0.2) is 17.3 Å². The fourth-order valence-electron chi connectivity index (χ4n) is 4.15. The Morgan fingerprint density at radius 3 is 2.62 bits per heavy atom. The lowest BCUT2D eigenvalue weighted by molar-refractivity contribution is -0.116. The van der Waals surface area contributed by atoms with Crippen LogP contribution >= 0.6 is 11.8 Å². The van der Waals surface area contributed by atoms with Crippen molar-refractivity contribution in [1.29, 1.82) is 0 Å². The molecule has 0 radical (unpaired) electrons. The first-order valence-corrected chi connectivity index (χ1v) is 12.4. The minimum atomic E-state index is -0.294. The van der Waals surface area contributed by atoms with Crippen LogP contribution in [0.25, 0.3) is 0 Å². The maximum atomic E-state index is 13.2. The Morgan fingerprint density at radius 1 is 1.00 bits per heavy atom. The number of fused-ring (bicyclic) bond motifs is 1. The number of hydrogen-bond donors (Lipinski definition) is 1. The van der Waals surface area contributed by atoms with Crippen molar-refractivity contribution in [3.05, 3.63) is 64.3 Å². The van der Waals surface area contributed by atoms with Crippen LogP contribution in [-0.4, -0.2) is 66.9 Å². The van der Waals surface area contributed by atoms with Crippen LogP contribution in [0.3, 0.4) is 0 Å². The predicted molar refractivity (Wildman–Crippen MR) is 130 cm³/mol. The second-order valence-corrected chi connectivity index (χ2v) is 9.42. The van der Waals surface area contributed by atoms with E-state index in [-0.39, 0.29) is 18.6 Å². The summed E-state index contributed by atoms with van der Waals surface area (Å²) >= 11 is 1.55. The molecule has 2 amide bonds. The van der Waals surface area contributed by atoms with E-state index in [4.69, 9.17) is 14.2 Å². The standard InChI is InChI=1S/C25H27N3O5S/c1-17-2-4-19(13-20(17)26-24(29)23-15-34-11-10-31-23)25(30)28-8-6-27(7-9-28)14-18-3-5-21-22(12-18)33-16-32-21/h2-5,12-13,15H,6-11,14,16H2,1H3,(H,26,29). The van der Waals surface area contributed by atoms with E-state index in [0.717, 1.165) is 42.4 Å². The van der Waals surface area contributed by atoms with Gasteiger partial charge < -0.3 is 24.4 Å². The van der Waals surface area contributed by atoms with E-state index in [1.807, 2.05) is 36.1 Å². The number of thioether (sulfide) groups is 1. The molecule has 0 bridgehead atoms. The molecule has 3 heterocycles. The SMILES string of the molecule is Cc1ccc(C(=O)N2CCN(Cc3ccc4c(c3)OCO4)CC2)cc1NC(=O)C1=CSCCO1. The van der Waals surface area contributed by atoms with Gasteiger partial charge in [-0.05, 0) is 42.3 Å². The number of carbonyl (C=O) groups excluding carboxylic acids is 2. The number of piperazine rings is 1. The van der Waals surface area contributed by atoms with Crippen LogP contribution in [0.4, 0.5) is 5.69 Å². The number of ether oxygens (including phenoxy) is 3. The molecule has 3 aliphatic rings. The van der Waals surface area contributed by atoms with Crippen LogP contribution in [0.5, 0.6) is 11.5 Å². The van der Waals surface area contributed by atoms with Crippen LogP contribution in [0.1, 0.15) is 21.5 Å². The van der Waals surface area contributed by atoms with E-state index in [1.54, 1.807) is 23.2 Å². The molecule has 5 rings (SSSR count). The normalized spacial score (nSPS) is 17.7. The number of carbonyl (C=O) groups is 2. The van der Waals surface area contributed by atoms with Crippen molar-refractivity contribution in [3.8, 4) is 11.5 Å². The monoisotopic (exact) mass is 481 g/mol. The number of nitrogens with zero attached hydrogens (tertiary/aromatic N) is 2. The molecule has 1 N–H and O–H groups in total. The van der Waals surface area contributed by atoms with Crippen LogP contribution < -0.4 is 14.8 Å². The maximum Gasteiger partial charge on any atom is 0.291 e. The second kappa shape index (κ2) is 9.99. The second-order valence-electron chi connectivity index (χ2n) is 8.44. The van der Waals surface area contributed by atoms with Crippen LogP contribution in [0.15, 0.2) is 47.6 Å². The van der Waals surface area contributed by atoms with E-state index in [1.165, 1.54) is 5.56 Å². The summed E-state index contributed by atoms with van der Waals surface area (Å²) in [4.78, 5) is 29.9. The third-order valence-corrected chi connectivity index (χ3v) is 6.89. The van der Waals surface area contributed by atoms with Gasteiger partial charge in [0.25, 0.3) is 11.8 Å². The van der Waals surface area contributed by atoms with E-state index >= 15 is 0 Å². The summed E-state index contributed by atoms with van der Waals surface area (Å²) in [5.41, 5.74) is 3.25. The molecule has 9 heteroatoms. The Balaban J connectivity index is 1.18. The minimum absolute atomic E-state index is 0.0260. The fraction of sp³-hybridized carbons (Fsp3) is 0.360. The van der Waals surface area contributed by atoms with Crippen molar-refractivity contribution in [2.75, 3.05) is 50.6 Å². The molecule has 2 aromatic rings. The summed E-state index contributed by atoms with van der Waals surface area (Å²) in [5.74, 6) is 2.40. The van der Waals surface area contributed by atoms with Crippen molar-refractivity contribution >= 4 is 29.3 Å². The zero-order chi connectivity index (χ0) is 23.5. The first-order valence-electron chi connectivity index (χ1n) is 11.3. The number of benzene rings is 2. The van der Waals surface area contributed by atoms with E-state index in [0.29, 0.717) is 36.7 Å². The summed E-state index contributed by atoms with van der Waals surface area (Å²) in [6.07, 6.45) is 0. The number of anilines is 1. The average Bonchev–Trinajstić information content (AvgIpc) is 3.34. The summed E-state index contributed by atoms with van der Waals surface area (Å²) in [7, 11) is 0. The molecule has 0 saturated carbocycles. The first-order chi connectivity index (χ1) is 16.6. The summed E-state index contributed by atoms with van der Waals surface area (Å²) in [6.45, 7) is 6.38. The first kappa shape index (κ1) is 22.6. The largest absolute Gasteiger partial charge is 0.487 e. The van der Waals surface area contributed by atoms with Gasteiger partial charge in [-0.15, -0.1) is 11.8 Å². The highest BCUT2D eigenvalue weighted by Gasteiger charge is 2.24. The minimum Gasteiger partial charge on any atom is -0.487 e. The molecule has 0 unspecified atom stereocenters. The molecule has 0 aliphatic carbocycles. The van der Waals surface area contributed by atoms with Gasteiger partial charge in [0.2, 0.25) is 6.79 Å². The molecule has 0 atom stereocenters. The molecule has 1 saturated heterocycles. The van der Waals surface area contributed by atoms with Gasteiger partial charge in [0.1, 0.15) is 0 Å². The van der Waals surface area contributed by atoms with Gasteiger partial charge in [-0.3, -0.25) is 14.5 Å². The Labute approximate surface area is 202 Å². The number of nitrogens with one attached hydrogen (secondary N) is 1. The van der Waals surface area contributed by atoms with Gasteiger partial charge in [-0.2, -0.15) is 0 Å². The molecular formula is C25H27N3O5S. The fourth-order valence-corrected chi connectivity index (χ4v) is 4.77. The van der Waals surface area contributed by atoms with E-state index in [9.17, 15) is 9.59 Å². The lowest BCUT2D eigenvalue weighted by atomic mass is 10.1. The van der Waals surface area contributed by atoms with Gasteiger partial charge in [0.05, 0.1) is 6.61 Å². The van der Waals surface area contributed by atoms with Crippen molar-refractivity contribution in [2.45, 2.75) is 13.5 Å². The van der Waals surface area contributed by atoms with Crippen LogP contribution in [0, 0.1) is 6.92 Å². The summed E-state index contributed by atoms with van der Waals surface area (Å²) < 4.78 is 16.3. The van der Waals surface area contributed by atoms with Crippen molar-refractivity contribution in [1.82, 2.24) is 9.80 Å². The van der Waals surface area contributed by atoms with Crippen LogP contribution in [0.2, 0.25) is 0 Å². The summed E-state index contributed by atoms with van der Waals surface area (Å²) in [5, 5.41) is 4.61. The Kier molecular flexibility index (Phi) is 6.64. The Bertz CT molecular complexity index is 1130. The molecule has 8 nitrogen and oxygen atoms in total. The molecule has 0 spiro atoms. The van der Waals surface area contributed by atoms with Gasteiger partial charge in [-0.1, -0.05) is 12.1 Å². The van der Waals surface area contributed by atoms with Gasteiger partial charge in [-0.25, -0.2) is 0 Å². The lowest BCUT2D eigenvalue weighted by Crippen LogP contribution is -2.48. The Morgan fingerprint density at radius 2 is 1.82 bits per heavy atom. The molecule has 3 aliphatic heterocycles. The van der Waals surface area contributed by atoms with Crippen molar-refractivity contribution < 1.29 is 23.8 Å². The molecule has 34 heavy (non-hydrogen) atoms. The van der Waals surface area contributed by atoms with Crippen LogP contribution in [-0.2, 0) is 16.1 Å². The summed E-state index contributed by atoms with van der Waals surface area (Å²) in [6, 6.07) is 11.5. The highest BCUT2D eigenvalue weighted by molar-refractivity contribution is 8.02. The lowest BCUT2D eigenvalue weighted by Gasteiger charge is -2.35. The smallest absolute Gasteiger partial charge is 0.291 e.